The quantitative estimate of drug-likeness (QED) is 0.691. The van der Waals surface area contributed by atoms with Crippen molar-refractivity contribution in [2.75, 3.05) is 0 Å². The largest absolute Gasteiger partial charge is 0.299 e. The summed E-state index contributed by atoms with van der Waals surface area (Å²) in [6.07, 6.45) is 2.81. The molecule has 1 aliphatic carbocycles. The zero-order valence-corrected chi connectivity index (χ0v) is 11.3. The van der Waals surface area contributed by atoms with E-state index in [1.54, 1.807) is 0 Å². The number of Topliss-reactive ketones (excluding diaryl/α,β-unsaturated/α-hetero) is 1. The van der Waals surface area contributed by atoms with Gasteiger partial charge in [0.15, 0.2) is 0 Å². The number of benzene rings is 1. The molecule has 1 unspecified atom stereocenters. The summed E-state index contributed by atoms with van der Waals surface area (Å²) < 4.78 is 2.28. The third kappa shape index (κ3) is 1.89. The highest BCUT2D eigenvalue weighted by atomic mass is 127. The van der Waals surface area contributed by atoms with E-state index in [9.17, 15) is 4.79 Å². The minimum absolute atomic E-state index is 0.138. The molecule has 0 aromatic heterocycles. The SMILES string of the molecule is O=C1CCCC1c1cccc(I)c1Br. The fourth-order valence-electron chi connectivity index (χ4n) is 1.93. The number of rotatable bonds is 1. The number of hydrogen-bond acceptors (Lipinski definition) is 1. The van der Waals surface area contributed by atoms with Gasteiger partial charge >= 0.3 is 0 Å². The minimum atomic E-state index is 0.138. The first-order valence-corrected chi connectivity index (χ1v) is 6.54. The highest BCUT2D eigenvalue weighted by molar-refractivity contribution is 14.1. The molecule has 1 aromatic carbocycles. The average Bonchev–Trinajstić information content (AvgIpc) is 2.57. The third-order valence-electron chi connectivity index (χ3n) is 2.66. The summed E-state index contributed by atoms with van der Waals surface area (Å²) in [5, 5.41) is 0. The van der Waals surface area contributed by atoms with Gasteiger partial charge in [-0.3, -0.25) is 4.79 Å². The molecular formula is C11H10BrIO. The maximum Gasteiger partial charge on any atom is 0.140 e. The van der Waals surface area contributed by atoms with Crippen molar-refractivity contribution in [3.63, 3.8) is 0 Å². The number of halogens is 2. The fourth-order valence-corrected chi connectivity index (χ4v) is 2.99. The van der Waals surface area contributed by atoms with Crippen LogP contribution in [-0.2, 0) is 4.79 Å². The van der Waals surface area contributed by atoms with Gasteiger partial charge in [-0.1, -0.05) is 12.1 Å². The standard InChI is InChI=1S/C11H10BrIO/c12-11-8(4-1-5-9(11)13)7-3-2-6-10(7)14/h1,4-5,7H,2-3,6H2. The molecule has 1 nitrogen and oxygen atoms in total. The van der Waals surface area contributed by atoms with Gasteiger partial charge < -0.3 is 0 Å². The lowest BCUT2D eigenvalue weighted by Gasteiger charge is -2.11. The van der Waals surface area contributed by atoms with Crippen LogP contribution in [0.1, 0.15) is 30.7 Å². The summed E-state index contributed by atoms with van der Waals surface area (Å²) in [5.74, 6) is 0.534. The smallest absolute Gasteiger partial charge is 0.140 e. The van der Waals surface area contributed by atoms with E-state index >= 15 is 0 Å². The van der Waals surface area contributed by atoms with Gasteiger partial charge in [-0.05, 0) is 63.0 Å². The molecule has 1 saturated carbocycles. The molecule has 1 atom stereocenters. The molecule has 0 N–H and O–H groups in total. The van der Waals surface area contributed by atoms with Gasteiger partial charge in [-0.2, -0.15) is 0 Å². The lowest BCUT2D eigenvalue weighted by Crippen LogP contribution is -2.05. The zero-order chi connectivity index (χ0) is 10.1. The highest BCUT2D eigenvalue weighted by Gasteiger charge is 2.27. The molecule has 0 radical (unpaired) electrons. The first kappa shape index (κ1) is 10.6. The first-order valence-electron chi connectivity index (χ1n) is 4.67. The molecule has 0 heterocycles. The summed E-state index contributed by atoms with van der Waals surface area (Å²) in [6.45, 7) is 0. The van der Waals surface area contributed by atoms with Crippen molar-refractivity contribution in [1.29, 1.82) is 0 Å². The topological polar surface area (TPSA) is 17.1 Å². The Labute approximate surface area is 106 Å². The van der Waals surface area contributed by atoms with Crippen LogP contribution >= 0.6 is 38.5 Å². The van der Waals surface area contributed by atoms with E-state index in [1.807, 2.05) is 12.1 Å². The average molecular weight is 365 g/mol. The summed E-state index contributed by atoms with van der Waals surface area (Å²) in [7, 11) is 0. The summed E-state index contributed by atoms with van der Waals surface area (Å²) in [4.78, 5) is 11.6. The van der Waals surface area contributed by atoms with Crippen molar-refractivity contribution in [2.45, 2.75) is 25.2 Å². The van der Waals surface area contributed by atoms with Crippen molar-refractivity contribution < 1.29 is 4.79 Å². The van der Waals surface area contributed by atoms with Gasteiger partial charge in [0.2, 0.25) is 0 Å². The van der Waals surface area contributed by atoms with Gasteiger partial charge in [-0.15, -0.1) is 0 Å². The van der Waals surface area contributed by atoms with E-state index in [2.05, 4.69) is 44.6 Å². The maximum atomic E-state index is 11.6. The van der Waals surface area contributed by atoms with E-state index in [0.29, 0.717) is 5.78 Å². The maximum absolute atomic E-state index is 11.6. The Hall–Kier alpha value is 0.1000. The van der Waals surface area contributed by atoms with Crippen LogP contribution in [0.5, 0.6) is 0 Å². The molecule has 74 valence electrons. The molecule has 2 rings (SSSR count). The van der Waals surface area contributed by atoms with Crippen LogP contribution < -0.4 is 0 Å². The van der Waals surface area contributed by atoms with Crippen LogP contribution in [0.3, 0.4) is 0 Å². The molecule has 3 heteroatoms. The van der Waals surface area contributed by atoms with Gasteiger partial charge in [0.05, 0.1) is 0 Å². The van der Waals surface area contributed by atoms with Crippen LogP contribution in [0.2, 0.25) is 0 Å². The second kappa shape index (κ2) is 4.31. The van der Waals surface area contributed by atoms with Crippen LogP contribution in [0.25, 0.3) is 0 Å². The molecule has 1 aromatic rings. The second-order valence-electron chi connectivity index (χ2n) is 3.55. The molecule has 0 amide bonds. The first-order chi connectivity index (χ1) is 6.70. The van der Waals surface area contributed by atoms with E-state index in [-0.39, 0.29) is 5.92 Å². The molecule has 1 aliphatic rings. The van der Waals surface area contributed by atoms with Gasteiger partial charge in [-0.25, -0.2) is 0 Å². The molecule has 0 bridgehead atoms. The van der Waals surface area contributed by atoms with E-state index in [0.717, 1.165) is 23.7 Å². The van der Waals surface area contributed by atoms with E-state index < -0.39 is 0 Å². The summed E-state index contributed by atoms with van der Waals surface area (Å²) >= 11 is 5.84. The lowest BCUT2D eigenvalue weighted by molar-refractivity contribution is -0.118. The van der Waals surface area contributed by atoms with Crippen molar-refractivity contribution in [2.24, 2.45) is 0 Å². The molecule has 0 saturated heterocycles. The van der Waals surface area contributed by atoms with Crippen LogP contribution in [0.15, 0.2) is 22.7 Å². The Morgan fingerprint density at radius 3 is 2.86 bits per heavy atom. The minimum Gasteiger partial charge on any atom is -0.299 e. The van der Waals surface area contributed by atoms with Gasteiger partial charge in [0, 0.05) is 20.4 Å². The molecular weight excluding hydrogens is 355 g/mol. The number of carbonyl (C=O) groups is 1. The van der Waals surface area contributed by atoms with Crippen LogP contribution in [0, 0.1) is 3.57 Å². The van der Waals surface area contributed by atoms with Crippen LogP contribution in [-0.4, -0.2) is 5.78 Å². The highest BCUT2D eigenvalue weighted by Crippen LogP contribution is 2.36. The molecule has 14 heavy (non-hydrogen) atoms. The predicted molar refractivity (Wildman–Crippen MR) is 68.5 cm³/mol. The fraction of sp³-hybridized carbons (Fsp3) is 0.364. The van der Waals surface area contributed by atoms with E-state index in [1.165, 1.54) is 9.13 Å². The number of hydrogen-bond donors (Lipinski definition) is 0. The number of carbonyl (C=O) groups excluding carboxylic acids is 1. The van der Waals surface area contributed by atoms with Gasteiger partial charge in [0.1, 0.15) is 5.78 Å². The van der Waals surface area contributed by atoms with Crippen molar-refractivity contribution in [3.8, 4) is 0 Å². The van der Waals surface area contributed by atoms with Crippen molar-refractivity contribution in [1.82, 2.24) is 0 Å². The predicted octanol–water partition coefficient (Wildman–Crippen LogP) is 3.89. The van der Waals surface area contributed by atoms with Crippen molar-refractivity contribution in [3.05, 3.63) is 31.8 Å². The van der Waals surface area contributed by atoms with Crippen LogP contribution in [0.4, 0.5) is 0 Å². The number of ketones is 1. The lowest BCUT2D eigenvalue weighted by atomic mass is 9.97. The molecule has 0 spiro atoms. The summed E-state index contributed by atoms with van der Waals surface area (Å²) in [6, 6.07) is 6.13. The van der Waals surface area contributed by atoms with Crippen molar-refractivity contribution >= 4 is 44.3 Å². The second-order valence-corrected chi connectivity index (χ2v) is 5.51. The molecule has 1 fully saturated rings. The van der Waals surface area contributed by atoms with Gasteiger partial charge in [0.25, 0.3) is 0 Å². The molecule has 0 aliphatic heterocycles. The Bertz CT molecular complexity index is 376. The zero-order valence-electron chi connectivity index (χ0n) is 7.59. The Morgan fingerprint density at radius 2 is 2.21 bits per heavy atom. The Morgan fingerprint density at radius 1 is 1.43 bits per heavy atom. The monoisotopic (exact) mass is 364 g/mol. The summed E-state index contributed by atoms with van der Waals surface area (Å²) in [5.41, 5.74) is 1.17. The normalized spacial score (nSPS) is 21.6. The Balaban J connectivity index is 2.41. The Kier molecular flexibility index (Phi) is 3.27. The third-order valence-corrected chi connectivity index (χ3v) is 5.19. The van der Waals surface area contributed by atoms with E-state index in [4.69, 9.17) is 0 Å².